The molecule has 0 radical (unpaired) electrons. The van der Waals surface area contributed by atoms with Gasteiger partial charge in [0, 0.05) is 18.6 Å². The van der Waals surface area contributed by atoms with Crippen LogP contribution >= 0.6 is 0 Å². The van der Waals surface area contributed by atoms with E-state index in [9.17, 15) is 4.79 Å². The molecule has 86 valence electrons. The van der Waals surface area contributed by atoms with E-state index in [0.717, 1.165) is 13.0 Å². The lowest BCUT2D eigenvalue weighted by Crippen LogP contribution is -2.48. The van der Waals surface area contributed by atoms with Crippen molar-refractivity contribution in [2.75, 3.05) is 26.7 Å². The Morgan fingerprint density at radius 2 is 2.20 bits per heavy atom. The quantitative estimate of drug-likeness (QED) is 0.688. The molecular formula is C11H21N3O. The van der Waals surface area contributed by atoms with E-state index in [1.807, 2.05) is 0 Å². The first-order valence-electron chi connectivity index (χ1n) is 5.99. The molecule has 15 heavy (non-hydrogen) atoms. The summed E-state index contributed by atoms with van der Waals surface area (Å²) < 4.78 is 0. The van der Waals surface area contributed by atoms with Gasteiger partial charge in [-0.25, -0.2) is 0 Å². The van der Waals surface area contributed by atoms with Gasteiger partial charge in [-0.3, -0.25) is 9.69 Å². The van der Waals surface area contributed by atoms with Crippen LogP contribution in [0.3, 0.4) is 0 Å². The molecule has 0 aromatic carbocycles. The SMILES string of the molecule is CNCC(=O)NC1CCN2CCCCC12. The lowest BCUT2D eigenvalue weighted by molar-refractivity contribution is -0.121. The van der Waals surface area contributed by atoms with Gasteiger partial charge in [0.05, 0.1) is 6.54 Å². The van der Waals surface area contributed by atoms with E-state index in [1.54, 1.807) is 7.05 Å². The van der Waals surface area contributed by atoms with Crippen molar-refractivity contribution in [3.8, 4) is 0 Å². The highest BCUT2D eigenvalue weighted by atomic mass is 16.2. The van der Waals surface area contributed by atoms with Crippen molar-refractivity contribution >= 4 is 5.91 Å². The molecule has 2 rings (SSSR count). The number of likely N-dealkylation sites (N-methyl/N-ethyl adjacent to an activating group) is 1. The zero-order chi connectivity index (χ0) is 10.7. The fraction of sp³-hybridized carbons (Fsp3) is 0.909. The second kappa shape index (κ2) is 4.94. The zero-order valence-corrected chi connectivity index (χ0v) is 9.46. The molecule has 2 unspecified atom stereocenters. The lowest BCUT2D eigenvalue weighted by Gasteiger charge is -2.32. The molecule has 1 amide bonds. The Labute approximate surface area is 91.4 Å². The molecule has 4 nitrogen and oxygen atoms in total. The van der Waals surface area contributed by atoms with Crippen LogP contribution in [0, 0.1) is 0 Å². The van der Waals surface area contributed by atoms with Crippen molar-refractivity contribution in [3.05, 3.63) is 0 Å². The summed E-state index contributed by atoms with van der Waals surface area (Å²) in [4.78, 5) is 14.0. The largest absolute Gasteiger partial charge is 0.351 e. The molecule has 2 N–H and O–H groups in total. The third kappa shape index (κ3) is 2.49. The molecule has 0 saturated carbocycles. The number of piperidine rings is 1. The maximum absolute atomic E-state index is 11.5. The second-order valence-electron chi connectivity index (χ2n) is 4.59. The molecule has 0 bridgehead atoms. The van der Waals surface area contributed by atoms with Crippen molar-refractivity contribution in [2.45, 2.75) is 37.8 Å². The molecular weight excluding hydrogens is 190 g/mol. The van der Waals surface area contributed by atoms with E-state index in [0.29, 0.717) is 18.6 Å². The van der Waals surface area contributed by atoms with E-state index >= 15 is 0 Å². The molecule has 0 aromatic rings. The minimum Gasteiger partial charge on any atom is -0.351 e. The molecule has 0 aromatic heterocycles. The molecule has 0 spiro atoms. The van der Waals surface area contributed by atoms with Gasteiger partial charge in [-0.1, -0.05) is 6.42 Å². The zero-order valence-electron chi connectivity index (χ0n) is 9.46. The fourth-order valence-corrected chi connectivity index (χ4v) is 2.83. The van der Waals surface area contributed by atoms with Crippen molar-refractivity contribution in [3.63, 3.8) is 0 Å². The summed E-state index contributed by atoms with van der Waals surface area (Å²) in [5.74, 6) is 0.134. The second-order valence-corrected chi connectivity index (χ2v) is 4.59. The van der Waals surface area contributed by atoms with Crippen molar-refractivity contribution < 1.29 is 4.79 Å². The Bertz CT molecular complexity index is 232. The maximum Gasteiger partial charge on any atom is 0.234 e. The summed E-state index contributed by atoms with van der Waals surface area (Å²) in [6.07, 6.45) is 5.03. The van der Waals surface area contributed by atoms with Gasteiger partial charge in [-0.15, -0.1) is 0 Å². The van der Waals surface area contributed by atoms with Crippen LogP contribution < -0.4 is 10.6 Å². The Morgan fingerprint density at radius 3 is 3.00 bits per heavy atom. The van der Waals surface area contributed by atoms with E-state index in [2.05, 4.69) is 15.5 Å². The molecule has 2 aliphatic heterocycles. The van der Waals surface area contributed by atoms with Crippen LogP contribution in [0.4, 0.5) is 0 Å². The fourth-order valence-electron chi connectivity index (χ4n) is 2.83. The Morgan fingerprint density at radius 1 is 1.33 bits per heavy atom. The van der Waals surface area contributed by atoms with Crippen LogP contribution in [0.2, 0.25) is 0 Å². The highest BCUT2D eigenvalue weighted by molar-refractivity contribution is 5.78. The Balaban J connectivity index is 1.85. The van der Waals surface area contributed by atoms with Crippen LogP contribution in [0.25, 0.3) is 0 Å². The van der Waals surface area contributed by atoms with Gasteiger partial charge in [0.25, 0.3) is 0 Å². The Hall–Kier alpha value is -0.610. The van der Waals surface area contributed by atoms with E-state index in [1.165, 1.54) is 25.8 Å². The first-order chi connectivity index (χ1) is 7.31. The standard InChI is InChI=1S/C11H21N3O/c1-12-8-11(15)13-9-5-7-14-6-3-2-4-10(9)14/h9-10,12H,2-8H2,1H3,(H,13,15). The third-order valence-corrected chi connectivity index (χ3v) is 3.54. The average molecular weight is 211 g/mol. The molecule has 2 aliphatic rings. The first-order valence-corrected chi connectivity index (χ1v) is 5.99. The van der Waals surface area contributed by atoms with Crippen LogP contribution in [-0.4, -0.2) is 49.6 Å². The average Bonchev–Trinajstić information content (AvgIpc) is 2.62. The molecule has 0 aliphatic carbocycles. The Kier molecular flexibility index (Phi) is 3.59. The van der Waals surface area contributed by atoms with Crippen LogP contribution in [-0.2, 0) is 4.79 Å². The highest BCUT2D eigenvalue weighted by Gasteiger charge is 2.35. The summed E-state index contributed by atoms with van der Waals surface area (Å²) in [5, 5.41) is 6.02. The number of rotatable bonds is 3. The predicted octanol–water partition coefficient (Wildman–Crippen LogP) is -0.0512. The number of nitrogens with one attached hydrogen (secondary N) is 2. The molecule has 2 saturated heterocycles. The summed E-state index contributed by atoms with van der Waals surface area (Å²) >= 11 is 0. The summed E-state index contributed by atoms with van der Waals surface area (Å²) in [7, 11) is 1.81. The normalized spacial score (nSPS) is 31.3. The van der Waals surface area contributed by atoms with Gasteiger partial charge in [0.1, 0.15) is 0 Å². The van der Waals surface area contributed by atoms with Gasteiger partial charge >= 0.3 is 0 Å². The van der Waals surface area contributed by atoms with Gasteiger partial charge in [-0.2, -0.15) is 0 Å². The summed E-state index contributed by atoms with van der Waals surface area (Å²) in [5.41, 5.74) is 0. The van der Waals surface area contributed by atoms with Crippen LogP contribution in [0.1, 0.15) is 25.7 Å². The molecule has 2 heterocycles. The number of carbonyl (C=O) groups is 1. The minimum absolute atomic E-state index is 0.134. The number of carbonyl (C=O) groups excluding carboxylic acids is 1. The number of hydrogen-bond donors (Lipinski definition) is 2. The minimum atomic E-state index is 0.134. The number of fused-ring (bicyclic) bond motifs is 1. The molecule has 4 heteroatoms. The van der Waals surface area contributed by atoms with Crippen LogP contribution in [0.15, 0.2) is 0 Å². The lowest BCUT2D eigenvalue weighted by atomic mass is 9.99. The van der Waals surface area contributed by atoms with Crippen molar-refractivity contribution in [1.82, 2.24) is 15.5 Å². The van der Waals surface area contributed by atoms with Crippen molar-refractivity contribution in [2.24, 2.45) is 0 Å². The molecule has 2 atom stereocenters. The van der Waals surface area contributed by atoms with Gasteiger partial charge in [0.15, 0.2) is 0 Å². The summed E-state index contributed by atoms with van der Waals surface area (Å²) in [6.45, 7) is 2.82. The van der Waals surface area contributed by atoms with Gasteiger partial charge < -0.3 is 10.6 Å². The van der Waals surface area contributed by atoms with Crippen molar-refractivity contribution in [1.29, 1.82) is 0 Å². The van der Waals surface area contributed by atoms with Gasteiger partial charge in [0.2, 0.25) is 5.91 Å². The van der Waals surface area contributed by atoms with E-state index < -0.39 is 0 Å². The number of amides is 1. The van der Waals surface area contributed by atoms with E-state index in [4.69, 9.17) is 0 Å². The molecule has 2 fully saturated rings. The topological polar surface area (TPSA) is 44.4 Å². The van der Waals surface area contributed by atoms with E-state index in [-0.39, 0.29) is 5.91 Å². The first kappa shape index (κ1) is 10.9. The van der Waals surface area contributed by atoms with Crippen LogP contribution in [0.5, 0.6) is 0 Å². The number of hydrogen-bond acceptors (Lipinski definition) is 3. The summed E-state index contributed by atoms with van der Waals surface area (Å²) in [6, 6.07) is 1.01. The highest BCUT2D eigenvalue weighted by Crippen LogP contribution is 2.26. The smallest absolute Gasteiger partial charge is 0.234 e. The maximum atomic E-state index is 11.5. The third-order valence-electron chi connectivity index (χ3n) is 3.54. The number of nitrogens with zero attached hydrogens (tertiary/aromatic N) is 1. The van der Waals surface area contributed by atoms with Gasteiger partial charge in [-0.05, 0) is 32.9 Å². The predicted molar refractivity (Wildman–Crippen MR) is 59.7 cm³/mol. The monoisotopic (exact) mass is 211 g/mol.